The third-order valence-corrected chi connectivity index (χ3v) is 1.95. The number of aryl methyl sites for hydroxylation is 1. The van der Waals surface area contributed by atoms with Crippen LogP contribution in [0.1, 0.15) is 18.1 Å². The number of benzene rings is 1. The van der Waals surface area contributed by atoms with Gasteiger partial charge in [-0.1, -0.05) is 18.7 Å². The van der Waals surface area contributed by atoms with Crippen molar-refractivity contribution in [3.63, 3.8) is 0 Å². The van der Waals surface area contributed by atoms with E-state index in [0.717, 1.165) is 11.1 Å². The summed E-state index contributed by atoms with van der Waals surface area (Å²) in [6, 6.07) is 4.67. The molecule has 2 heteroatoms. The van der Waals surface area contributed by atoms with Crippen LogP contribution in [0.2, 0.25) is 0 Å². The van der Waals surface area contributed by atoms with Crippen LogP contribution in [0.15, 0.2) is 37.1 Å². The van der Waals surface area contributed by atoms with Crippen molar-refractivity contribution in [3.05, 3.63) is 54.0 Å². The van der Waals surface area contributed by atoms with Crippen molar-refractivity contribution in [3.8, 4) is 0 Å². The van der Waals surface area contributed by atoms with E-state index in [4.69, 9.17) is 0 Å². The Hall–Kier alpha value is -1.57. The van der Waals surface area contributed by atoms with E-state index >= 15 is 0 Å². The van der Waals surface area contributed by atoms with Gasteiger partial charge in [-0.05, 0) is 37.7 Å². The summed E-state index contributed by atoms with van der Waals surface area (Å²) >= 11 is 0. The first kappa shape index (κ1) is 10.5. The van der Waals surface area contributed by atoms with Gasteiger partial charge in [0, 0.05) is 11.3 Å². The molecule has 0 fully saturated rings. The lowest BCUT2D eigenvalue weighted by molar-refractivity contribution is 0.626. The Kier molecular flexibility index (Phi) is 3.46. The normalized spacial score (nSPS) is 10.5. The molecule has 1 aromatic rings. The van der Waals surface area contributed by atoms with Crippen molar-refractivity contribution in [1.82, 2.24) is 5.32 Å². The first-order chi connectivity index (χ1) is 6.65. The van der Waals surface area contributed by atoms with Crippen LogP contribution in [-0.2, 0) is 0 Å². The topological polar surface area (TPSA) is 12.0 Å². The molecule has 1 nitrogen and oxygen atoms in total. The van der Waals surface area contributed by atoms with E-state index in [-0.39, 0.29) is 5.82 Å². The lowest BCUT2D eigenvalue weighted by Crippen LogP contribution is -2.03. The molecule has 0 unspecified atom stereocenters. The Morgan fingerprint density at radius 2 is 2.21 bits per heavy atom. The first-order valence-corrected chi connectivity index (χ1v) is 4.48. The Morgan fingerprint density at radius 3 is 2.86 bits per heavy atom. The summed E-state index contributed by atoms with van der Waals surface area (Å²) in [4.78, 5) is 0. The van der Waals surface area contributed by atoms with Crippen LogP contribution in [0.25, 0.3) is 5.70 Å². The number of allylic oxidation sites excluding steroid dienone is 1. The molecular formula is C12H14FN. The molecule has 0 spiro atoms. The largest absolute Gasteiger partial charge is 0.362 e. The van der Waals surface area contributed by atoms with E-state index in [1.54, 1.807) is 12.3 Å². The molecule has 0 aliphatic carbocycles. The third-order valence-electron chi connectivity index (χ3n) is 1.95. The van der Waals surface area contributed by atoms with Gasteiger partial charge in [0.2, 0.25) is 0 Å². The predicted octanol–water partition coefficient (Wildman–Crippen LogP) is 3.23. The third kappa shape index (κ3) is 2.46. The highest BCUT2D eigenvalue weighted by Crippen LogP contribution is 2.16. The molecule has 0 amide bonds. The zero-order chi connectivity index (χ0) is 10.6. The van der Waals surface area contributed by atoms with E-state index < -0.39 is 0 Å². The summed E-state index contributed by atoms with van der Waals surface area (Å²) in [7, 11) is 0. The van der Waals surface area contributed by atoms with Crippen LogP contribution in [0, 0.1) is 12.7 Å². The van der Waals surface area contributed by atoms with Gasteiger partial charge in [0.15, 0.2) is 0 Å². The molecule has 74 valence electrons. The van der Waals surface area contributed by atoms with Crippen molar-refractivity contribution >= 4 is 5.70 Å². The van der Waals surface area contributed by atoms with Crippen LogP contribution in [0.3, 0.4) is 0 Å². The Morgan fingerprint density at radius 1 is 1.50 bits per heavy atom. The summed E-state index contributed by atoms with van der Waals surface area (Å²) in [6.45, 7) is 7.66. The second-order valence-corrected chi connectivity index (χ2v) is 3.08. The molecule has 0 radical (unpaired) electrons. The van der Waals surface area contributed by atoms with Gasteiger partial charge >= 0.3 is 0 Å². The second kappa shape index (κ2) is 4.61. The molecule has 0 aliphatic rings. The number of hydrogen-bond donors (Lipinski definition) is 1. The highest BCUT2D eigenvalue weighted by atomic mass is 19.1. The number of hydrogen-bond acceptors (Lipinski definition) is 1. The summed E-state index contributed by atoms with van der Waals surface area (Å²) < 4.78 is 12.9. The molecule has 0 saturated heterocycles. The average Bonchev–Trinajstić information content (AvgIpc) is 2.18. The van der Waals surface area contributed by atoms with Crippen molar-refractivity contribution in [2.24, 2.45) is 0 Å². The fourth-order valence-electron chi connectivity index (χ4n) is 1.18. The lowest BCUT2D eigenvalue weighted by Gasteiger charge is -2.08. The zero-order valence-electron chi connectivity index (χ0n) is 8.47. The molecule has 0 heterocycles. The maximum atomic E-state index is 12.9. The standard InChI is InChI=1S/C12H14FN/c1-4-7-14-10(3)12-8-11(13)6-5-9(12)2/h4-8,14H,3H2,1-2H3/b7-4-. The summed E-state index contributed by atoms with van der Waals surface area (Å²) in [5.74, 6) is -0.242. The summed E-state index contributed by atoms with van der Waals surface area (Å²) in [6.07, 6.45) is 3.63. The second-order valence-electron chi connectivity index (χ2n) is 3.08. The minimum absolute atomic E-state index is 0.242. The molecule has 0 saturated carbocycles. The van der Waals surface area contributed by atoms with Gasteiger partial charge < -0.3 is 5.32 Å². The van der Waals surface area contributed by atoms with E-state index in [0.29, 0.717) is 5.70 Å². The van der Waals surface area contributed by atoms with Gasteiger partial charge in [0.05, 0.1) is 0 Å². The Bertz CT molecular complexity index is 367. The number of halogens is 1. The maximum absolute atomic E-state index is 12.9. The quantitative estimate of drug-likeness (QED) is 0.773. The molecule has 0 bridgehead atoms. The minimum Gasteiger partial charge on any atom is -0.362 e. The van der Waals surface area contributed by atoms with Gasteiger partial charge in [-0.2, -0.15) is 0 Å². The Labute approximate surface area is 84.0 Å². The maximum Gasteiger partial charge on any atom is 0.123 e. The first-order valence-electron chi connectivity index (χ1n) is 4.48. The van der Waals surface area contributed by atoms with Gasteiger partial charge in [-0.15, -0.1) is 0 Å². The molecule has 0 aliphatic heterocycles. The monoisotopic (exact) mass is 191 g/mol. The number of rotatable bonds is 3. The summed E-state index contributed by atoms with van der Waals surface area (Å²) in [5.41, 5.74) is 2.52. The smallest absolute Gasteiger partial charge is 0.123 e. The fourth-order valence-corrected chi connectivity index (χ4v) is 1.18. The minimum atomic E-state index is -0.242. The SMILES string of the molecule is C=C(N/C=C\C)c1cc(F)ccc1C. The number of nitrogens with one attached hydrogen (secondary N) is 1. The fraction of sp³-hybridized carbons (Fsp3) is 0.167. The van der Waals surface area contributed by atoms with Crippen LogP contribution in [-0.4, -0.2) is 0 Å². The molecule has 1 aromatic carbocycles. The van der Waals surface area contributed by atoms with Crippen LogP contribution < -0.4 is 5.32 Å². The van der Waals surface area contributed by atoms with E-state index in [1.807, 2.05) is 19.9 Å². The van der Waals surface area contributed by atoms with E-state index in [1.165, 1.54) is 12.1 Å². The molecule has 14 heavy (non-hydrogen) atoms. The van der Waals surface area contributed by atoms with Crippen molar-refractivity contribution < 1.29 is 4.39 Å². The highest BCUT2D eigenvalue weighted by Gasteiger charge is 2.02. The van der Waals surface area contributed by atoms with Gasteiger partial charge in [0.25, 0.3) is 0 Å². The summed E-state index contributed by atoms with van der Waals surface area (Å²) in [5, 5.41) is 2.97. The van der Waals surface area contributed by atoms with Gasteiger partial charge in [0.1, 0.15) is 5.82 Å². The van der Waals surface area contributed by atoms with Crippen LogP contribution >= 0.6 is 0 Å². The lowest BCUT2D eigenvalue weighted by atomic mass is 10.1. The molecule has 0 aromatic heterocycles. The predicted molar refractivity (Wildman–Crippen MR) is 58.1 cm³/mol. The highest BCUT2D eigenvalue weighted by molar-refractivity contribution is 5.65. The van der Waals surface area contributed by atoms with Crippen molar-refractivity contribution in [1.29, 1.82) is 0 Å². The Balaban J connectivity index is 2.94. The van der Waals surface area contributed by atoms with Gasteiger partial charge in [-0.25, -0.2) is 4.39 Å². The average molecular weight is 191 g/mol. The van der Waals surface area contributed by atoms with Crippen molar-refractivity contribution in [2.75, 3.05) is 0 Å². The van der Waals surface area contributed by atoms with E-state index in [9.17, 15) is 4.39 Å². The van der Waals surface area contributed by atoms with Crippen molar-refractivity contribution in [2.45, 2.75) is 13.8 Å². The van der Waals surface area contributed by atoms with Crippen LogP contribution in [0.5, 0.6) is 0 Å². The molecule has 1 rings (SSSR count). The molecule has 1 N–H and O–H groups in total. The zero-order valence-corrected chi connectivity index (χ0v) is 8.47. The van der Waals surface area contributed by atoms with Gasteiger partial charge in [-0.3, -0.25) is 0 Å². The van der Waals surface area contributed by atoms with Crippen LogP contribution in [0.4, 0.5) is 4.39 Å². The molecule has 0 atom stereocenters. The van der Waals surface area contributed by atoms with E-state index in [2.05, 4.69) is 11.9 Å². The molecular weight excluding hydrogens is 177 g/mol.